The normalized spacial score (nSPS) is 10.8. The first-order chi connectivity index (χ1) is 11.0. The highest BCUT2D eigenvalue weighted by molar-refractivity contribution is 6.84. The summed E-state index contributed by atoms with van der Waals surface area (Å²) in [5, 5.41) is 0. The van der Waals surface area contributed by atoms with Crippen LogP contribution >= 0.6 is 0 Å². The second-order valence-electron chi connectivity index (χ2n) is 7.59. The fraction of sp³-hybridized carbons (Fsp3) is 0.368. The molecule has 0 radical (unpaired) electrons. The largest absolute Gasteiger partial charge is 0.465 e. The molecule has 0 aliphatic carbocycles. The summed E-state index contributed by atoms with van der Waals surface area (Å²) < 4.78 is 4.80. The van der Waals surface area contributed by atoms with Crippen LogP contribution in [0.1, 0.15) is 31.8 Å². The van der Waals surface area contributed by atoms with E-state index >= 15 is 0 Å². The van der Waals surface area contributed by atoms with E-state index in [0.717, 1.165) is 6.29 Å². The highest BCUT2D eigenvalue weighted by atomic mass is 28.3. The van der Waals surface area contributed by atoms with E-state index in [1.165, 1.54) is 7.11 Å². The van der Waals surface area contributed by atoms with E-state index in [0.29, 0.717) is 22.3 Å². The molecule has 0 unspecified atom stereocenters. The Kier molecular flexibility index (Phi) is 6.37. The van der Waals surface area contributed by atoms with Crippen molar-refractivity contribution < 1.29 is 14.3 Å². The molecule has 0 bridgehead atoms. The van der Waals surface area contributed by atoms with E-state index in [4.69, 9.17) is 4.74 Å². The Morgan fingerprint density at radius 1 is 0.958 bits per heavy atom. The van der Waals surface area contributed by atoms with E-state index < -0.39 is 22.1 Å². The molecule has 0 N–H and O–H groups in total. The number of hydrogen-bond acceptors (Lipinski definition) is 3. The lowest BCUT2D eigenvalue weighted by Crippen LogP contribution is -2.17. The summed E-state index contributed by atoms with van der Waals surface area (Å²) in [5.41, 5.74) is 8.35. The third-order valence-corrected chi connectivity index (χ3v) is 4.61. The molecule has 0 spiro atoms. The minimum atomic E-state index is -1.62. The highest BCUT2D eigenvalue weighted by Crippen LogP contribution is 2.17. The van der Waals surface area contributed by atoms with Crippen LogP contribution in [0.25, 0.3) is 0 Å². The quantitative estimate of drug-likeness (QED) is 0.351. The molecular weight excluding hydrogens is 332 g/mol. The smallest absolute Gasteiger partial charge is 0.337 e. The predicted molar refractivity (Wildman–Crippen MR) is 104 cm³/mol. The van der Waals surface area contributed by atoms with Crippen molar-refractivity contribution in [1.29, 1.82) is 0 Å². The number of carbonyl (C=O) groups excluding carboxylic acids is 2. The van der Waals surface area contributed by atoms with Crippen molar-refractivity contribution in [2.24, 2.45) is 0 Å². The number of esters is 1. The van der Waals surface area contributed by atoms with Crippen molar-refractivity contribution >= 4 is 28.4 Å². The fourth-order valence-corrected chi connectivity index (χ4v) is 2.75. The molecule has 0 saturated carbocycles. The lowest BCUT2D eigenvalue weighted by atomic mass is 9.99. The Labute approximate surface area is 146 Å². The van der Waals surface area contributed by atoms with E-state index in [-0.39, 0.29) is 0 Å². The zero-order valence-corrected chi connectivity index (χ0v) is 17.5. The maximum Gasteiger partial charge on any atom is 0.337 e. The van der Waals surface area contributed by atoms with Gasteiger partial charge in [-0.05, 0) is 12.1 Å². The fourth-order valence-electron chi connectivity index (χ4n) is 1.73. The summed E-state index contributed by atoms with van der Waals surface area (Å²) in [6.45, 7) is 12.7. The average molecular weight is 357 g/mol. The number of ether oxygens (including phenoxy) is 1. The van der Waals surface area contributed by atoms with Gasteiger partial charge in [0, 0.05) is 16.7 Å². The molecule has 1 aromatic carbocycles. The minimum Gasteiger partial charge on any atom is -0.465 e. The van der Waals surface area contributed by atoms with Crippen molar-refractivity contribution in [3.05, 3.63) is 34.4 Å². The van der Waals surface area contributed by atoms with Gasteiger partial charge in [0.25, 0.3) is 0 Å². The third-order valence-electron chi connectivity index (χ3n) is 2.86. The first-order valence-electron chi connectivity index (χ1n) is 7.75. The van der Waals surface area contributed by atoms with Crippen molar-refractivity contribution in [2.45, 2.75) is 39.3 Å². The molecule has 0 aliphatic heterocycles. The van der Waals surface area contributed by atoms with Gasteiger partial charge < -0.3 is 4.74 Å². The summed E-state index contributed by atoms with van der Waals surface area (Å²) in [4.78, 5) is 23.5. The lowest BCUT2D eigenvalue weighted by molar-refractivity contribution is 0.0600. The number of rotatable bonds is 2. The van der Waals surface area contributed by atoms with E-state index in [1.807, 2.05) is 0 Å². The van der Waals surface area contributed by atoms with Crippen LogP contribution in [-0.2, 0) is 4.74 Å². The van der Waals surface area contributed by atoms with E-state index in [2.05, 4.69) is 62.2 Å². The average Bonchev–Trinajstić information content (AvgIpc) is 2.47. The van der Waals surface area contributed by atoms with Gasteiger partial charge in [-0.3, -0.25) is 4.79 Å². The number of benzene rings is 1. The van der Waals surface area contributed by atoms with Crippen molar-refractivity contribution in [3.63, 3.8) is 0 Å². The molecule has 0 fully saturated rings. The van der Waals surface area contributed by atoms with Gasteiger partial charge in [0.1, 0.15) is 16.1 Å². The van der Waals surface area contributed by atoms with Crippen LogP contribution in [0.2, 0.25) is 39.3 Å². The van der Waals surface area contributed by atoms with Crippen LogP contribution in [0.15, 0.2) is 12.1 Å². The molecular formula is C19H24O3Si2. The van der Waals surface area contributed by atoms with Crippen LogP contribution in [0.5, 0.6) is 0 Å². The topological polar surface area (TPSA) is 43.4 Å². The second-order valence-corrected chi connectivity index (χ2v) is 17.1. The van der Waals surface area contributed by atoms with Crippen LogP contribution in [0, 0.1) is 22.9 Å². The van der Waals surface area contributed by atoms with Crippen LogP contribution in [0.4, 0.5) is 0 Å². The molecule has 0 saturated heterocycles. The molecule has 1 aromatic rings. The number of methoxy groups -OCH3 is 1. The minimum absolute atomic E-state index is 0.364. The van der Waals surface area contributed by atoms with Crippen molar-refractivity contribution in [3.8, 4) is 22.9 Å². The van der Waals surface area contributed by atoms with Gasteiger partial charge in [0.2, 0.25) is 0 Å². The Morgan fingerprint density at radius 3 is 1.67 bits per heavy atom. The number of carbonyl (C=O) groups is 2. The molecule has 5 heteroatoms. The summed E-state index contributed by atoms with van der Waals surface area (Å²) in [6.07, 6.45) is 0.767. The first kappa shape index (κ1) is 20.0. The highest BCUT2D eigenvalue weighted by Gasteiger charge is 2.15. The molecule has 0 atom stereocenters. The van der Waals surface area contributed by atoms with Crippen molar-refractivity contribution in [1.82, 2.24) is 0 Å². The monoisotopic (exact) mass is 356 g/mol. The molecule has 126 valence electrons. The third kappa shape index (κ3) is 6.19. The number of hydrogen-bond donors (Lipinski definition) is 0. The summed E-state index contributed by atoms with van der Waals surface area (Å²) in [6, 6.07) is 3.23. The van der Waals surface area contributed by atoms with Crippen LogP contribution in [-0.4, -0.2) is 35.5 Å². The molecule has 1 rings (SSSR count). The first-order valence-corrected chi connectivity index (χ1v) is 14.7. The predicted octanol–water partition coefficient (Wildman–Crippen LogP) is 3.74. The zero-order valence-electron chi connectivity index (χ0n) is 15.5. The van der Waals surface area contributed by atoms with E-state index in [1.54, 1.807) is 12.1 Å². The van der Waals surface area contributed by atoms with Gasteiger partial charge >= 0.3 is 5.97 Å². The lowest BCUT2D eigenvalue weighted by Gasteiger charge is -2.08. The molecule has 3 nitrogen and oxygen atoms in total. The van der Waals surface area contributed by atoms with Gasteiger partial charge in [-0.15, -0.1) is 11.1 Å². The Balaban J connectivity index is 3.66. The maximum atomic E-state index is 11.9. The van der Waals surface area contributed by atoms with Crippen LogP contribution in [0.3, 0.4) is 0 Å². The van der Waals surface area contributed by atoms with Crippen LogP contribution < -0.4 is 0 Å². The molecule has 0 aromatic heterocycles. The summed E-state index contributed by atoms with van der Waals surface area (Å²) in [7, 11) is -1.90. The molecule has 0 amide bonds. The molecule has 24 heavy (non-hydrogen) atoms. The molecule has 0 heterocycles. The maximum absolute atomic E-state index is 11.9. The zero-order chi connectivity index (χ0) is 18.5. The standard InChI is InChI=1S/C19H24O3Si2/c1-22-19(21)17-12-15(8-10-23(2,3)4)18(14-20)16(13-17)9-11-24(5,6)7/h12-14H,1-7H3. The SMILES string of the molecule is COC(=O)c1cc(C#C[Si](C)(C)C)c(C=O)c(C#C[Si](C)(C)C)c1. The Morgan fingerprint density at radius 2 is 1.38 bits per heavy atom. The van der Waals surface area contributed by atoms with Gasteiger partial charge in [-0.2, -0.15) is 0 Å². The second kappa shape index (κ2) is 7.66. The summed E-state index contributed by atoms with van der Waals surface area (Å²) >= 11 is 0. The molecule has 0 aliphatic rings. The van der Waals surface area contributed by atoms with Gasteiger partial charge in [-0.25, -0.2) is 4.79 Å². The van der Waals surface area contributed by atoms with E-state index in [9.17, 15) is 9.59 Å². The van der Waals surface area contributed by atoms with Gasteiger partial charge in [0.05, 0.1) is 12.7 Å². The van der Waals surface area contributed by atoms with Gasteiger partial charge in [0.15, 0.2) is 6.29 Å². The summed E-state index contributed by atoms with van der Waals surface area (Å²) in [5.74, 6) is 5.70. The Hall–Kier alpha value is -2.09. The Bertz CT molecular complexity index is 720. The van der Waals surface area contributed by atoms with Gasteiger partial charge in [-0.1, -0.05) is 51.1 Å². The number of aldehydes is 1. The van der Waals surface area contributed by atoms with Crippen molar-refractivity contribution in [2.75, 3.05) is 7.11 Å².